The minimum absolute atomic E-state index is 0.224. The number of hydrogen-bond acceptors (Lipinski definition) is 3. The zero-order chi connectivity index (χ0) is 14.3. The largest absolute Gasteiger partial charge is 0.392 e. The molecule has 1 rings (SSSR count). The molecular formula is C16H34N2O. The first-order valence-corrected chi connectivity index (χ1v) is 8.16. The summed E-state index contributed by atoms with van der Waals surface area (Å²) in [5, 5.41) is 13.2. The van der Waals surface area contributed by atoms with Crippen LogP contribution < -0.4 is 5.32 Å². The molecule has 0 amide bonds. The van der Waals surface area contributed by atoms with Crippen molar-refractivity contribution in [3.63, 3.8) is 0 Å². The highest BCUT2D eigenvalue weighted by atomic mass is 16.3. The summed E-state index contributed by atoms with van der Waals surface area (Å²) in [7, 11) is 2.14. The average Bonchev–Trinajstić information content (AvgIpc) is 2.32. The lowest BCUT2D eigenvalue weighted by molar-refractivity contribution is 0.105. The average molecular weight is 270 g/mol. The Kier molecular flexibility index (Phi) is 7.96. The number of rotatable bonds is 8. The smallest absolute Gasteiger partial charge is 0.0638 e. The first-order chi connectivity index (χ1) is 9.06. The Hall–Kier alpha value is -0.120. The van der Waals surface area contributed by atoms with Crippen molar-refractivity contribution >= 4 is 0 Å². The Morgan fingerprint density at radius 3 is 2.63 bits per heavy atom. The maximum atomic E-state index is 9.50. The van der Waals surface area contributed by atoms with E-state index in [0.29, 0.717) is 6.04 Å². The predicted octanol–water partition coefficient (Wildman–Crippen LogP) is 2.49. The van der Waals surface area contributed by atoms with Gasteiger partial charge in [-0.1, -0.05) is 26.7 Å². The first-order valence-electron chi connectivity index (χ1n) is 8.16. The number of likely N-dealkylation sites (N-methyl/N-ethyl adjacent to an activating group) is 1. The molecule has 0 heterocycles. The molecule has 3 heteroatoms. The molecule has 1 aliphatic rings. The van der Waals surface area contributed by atoms with Crippen molar-refractivity contribution in [3.8, 4) is 0 Å². The highest BCUT2D eigenvalue weighted by Gasteiger charge is 2.30. The van der Waals surface area contributed by atoms with Gasteiger partial charge >= 0.3 is 0 Å². The number of nitrogens with zero attached hydrogens (tertiary/aromatic N) is 1. The lowest BCUT2D eigenvalue weighted by atomic mass is 9.76. The van der Waals surface area contributed by atoms with E-state index >= 15 is 0 Å². The van der Waals surface area contributed by atoms with Crippen LogP contribution in [0.25, 0.3) is 0 Å². The summed E-state index contributed by atoms with van der Waals surface area (Å²) >= 11 is 0. The van der Waals surface area contributed by atoms with E-state index in [1.807, 2.05) is 6.92 Å². The molecule has 1 aliphatic carbocycles. The van der Waals surface area contributed by atoms with Gasteiger partial charge in [-0.2, -0.15) is 0 Å². The van der Waals surface area contributed by atoms with Gasteiger partial charge in [0.1, 0.15) is 0 Å². The summed E-state index contributed by atoms with van der Waals surface area (Å²) in [6.07, 6.45) is 6.55. The molecule has 0 bridgehead atoms. The standard InChI is InChI=1S/C16H34N2O/c1-5-7-14-8-9-16(17-6-2)15(10-14)12-18(4)11-13(3)19/h13-17,19H,5-12H2,1-4H3. The maximum Gasteiger partial charge on any atom is 0.0638 e. The normalized spacial score (nSPS) is 29.7. The van der Waals surface area contributed by atoms with Gasteiger partial charge in [-0.25, -0.2) is 0 Å². The number of aliphatic hydroxyl groups is 1. The van der Waals surface area contributed by atoms with E-state index in [0.717, 1.165) is 31.5 Å². The van der Waals surface area contributed by atoms with Gasteiger partial charge in [-0.15, -0.1) is 0 Å². The minimum Gasteiger partial charge on any atom is -0.392 e. The van der Waals surface area contributed by atoms with Crippen LogP contribution in [0.3, 0.4) is 0 Å². The zero-order valence-electron chi connectivity index (χ0n) is 13.4. The monoisotopic (exact) mass is 270 g/mol. The lowest BCUT2D eigenvalue weighted by Gasteiger charge is -2.39. The van der Waals surface area contributed by atoms with Crippen molar-refractivity contribution in [1.29, 1.82) is 0 Å². The van der Waals surface area contributed by atoms with E-state index in [4.69, 9.17) is 0 Å². The van der Waals surface area contributed by atoms with Crippen LogP contribution in [0.5, 0.6) is 0 Å². The van der Waals surface area contributed by atoms with Crippen molar-refractivity contribution in [3.05, 3.63) is 0 Å². The van der Waals surface area contributed by atoms with Gasteiger partial charge in [0.25, 0.3) is 0 Å². The van der Waals surface area contributed by atoms with Crippen molar-refractivity contribution in [1.82, 2.24) is 10.2 Å². The molecule has 1 saturated carbocycles. The summed E-state index contributed by atoms with van der Waals surface area (Å²) in [5.74, 6) is 1.67. The second-order valence-electron chi connectivity index (χ2n) is 6.46. The quantitative estimate of drug-likeness (QED) is 0.711. The van der Waals surface area contributed by atoms with Crippen LogP contribution in [0, 0.1) is 11.8 Å². The molecule has 0 saturated heterocycles. The van der Waals surface area contributed by atoms with Gasteiger partial charge in [0.2, 0.25) is 0 Å². The minimum atomic E-state index is -0.224. The van der Waals surface area contributed by atoms with Gasteiger partial charge in [0, 0.05) is 19.1 Å². The highest BCUT2D eigenvalue weighted by Crippen LogP contribution is 2.32. The van der Waals surface area contributed by atoms with Crippen molar-refractivity contribution in [2.45, 2.75) is 65.0 Å². The third-order valence-corrected chi connectivity index (χ3v) is 4.38. The Labute approximate surface area is 119 Å². The molecule has 114 valence electrons. The zero-order valence-corrected chi connectivity index (χ0v) is 13.4. The number of hydrogen-bond donors (Lipinski definition) is 2. The molecule has 0 aliphatic heterocycles. The fraction of sp³-hybridized carbons (Fsp3) is 1.00. The van der Waals surface area contributed by atoms with Gasteiger partial charge < -0.3 is 15.3 Å². The molecule has 4 unspecified atom stereocenters. The summed E-state index contributed by atoms with van der Waals surface area (Å²) in [6.45, 7) is 9.34. The molecule has 2 N–H and O–H groups in total. The molecule has 0 aromatic rings. The molecule has 4 atom stereocenters. The first kappa shape index (κ1) is 16.9. The van der Waals surface area contributed by atoms with E-state index in [9.17, 15) is 5.11 Å². The van der Waals surface area contributed by atoms with Gasteiger partial charge in [0.15, 0.2) is 0 Å². The summed E-state index contributed by atoms with van der Waals surface area (Å²) in [5.41, 5.74) is 0. The second kappa shape index (κ2) is 8.93. The van der Waals surface area contributed by atoms with Crippen LogP contribution in [0.15, 0.2) is 0 Å². The Morgan fingerprint density at radius 2 is 2.05 bits per heavy atom. The molecule has 3 nitrogen and oxygen atoms in total. The predicted molar refractivity (Wildman–Crippen MR) is 82.4 cm³/mol. The summed E-state index contributed by atoms with van der Waals surface area (Å²) in [4.78, 5) is 2.30. The SMILES string of the molecule is CCCC1CCC(NCC)C(CN(C)CC(C)O)C1. The Morgan fingerprint density at radius 1 is 1.32 bits per heavy atom. The maximum absolute atomic E-state index is 9.50. The van der Waals surface area contributed by atoms with Crippen LogP contribution in [-0.2, 0) is 0 Å². The van der Waals surface area contributed by atoms with Crippen LogP contribution in [0.2, 0.25) is 0 Å². The topological polar surface area (TPSA) is 35.5 Å². The van der Waals surface area contributed by atoms with E-state index in [1.165, 1.54) is 32.1 Å². The van der Waals surface area contributed by atoms with E-state index < -0.39 is 0 Å². The number of aliphatic hydroxyl groups excluding tert-OH is 1. The van der Waals surface area contributed by atoms with Crippen molar-refractivity contribution in [2.24, 2.45) is 11.8 Å². The molecular weight excluding hydrogens is 236 g/mol. The van der Waals surface area contributed by atoms with Gasteiger partial charge in [-0.05, 0) is 51.6 Å². The molecule has 0 aromatic carbocycles. The third-order valence-electron chi connectivity index (χ3n) is 4.38. The number of nitrogens with one attached hydrogen (secondary N) is 1. The summed E-state index contributed by atoms with van der Waals surface area (Å²) < 4.78 is 0. The fourth-order valence-electron chi connectivity index (χ4n) is 3.69. The fourth-order valence-corrected chi connectivity index (χ4v) is 3.69. The van der Waals surface area contributed by atoms with E-state index in [1.54, 1.807) is 0 Å². The summed E-state index contributed by atoms with van der Waals surface area (Å²) in [6, 6.07) is 0.676. The van der Waals surface area contributed by atoms with Crippen LogP contribution >= 0.6 is 0 Å². The third kappa shape index (κ3) is 6.24. The molecule has 0 radical (unpaired) electrons. The van der Waals surface area contributed by atoms with Gasteiger partial charge in [-0.3, -0.25) is 0 Å². The van der Waals surface area contributed by atoms with E-state index in [2.05, 4.69) is 31.1 Å². The van der Waals surface area contributed by atoms with Crippen LogP contribution in [-0.4, -0.2) is 48.8 Å². The molecule has 19 heavy (non-hydrogen) atoms. The van der Waals surface area contributed by atoms with E-state index in [-0.39, 0.29) is 6.10 Å². The lowest BCUT2D eigenvalue weighted by Crippen LogP contribution is -2.46. The molecule has 1 fully saturated rings. The van der Waals surface area contributed by atoms with Crippen molar-refractivity contribution < 1.29 is 5.11 Å². The highest BCUT2D eigenvalue weighted by molar-refractivity contribution is 4.86. The van der Waals surface area contributed by atoms with Crippen LogP contribution in [0.1, 0.15) is 52.9 Å². The Bertz CT molecular complexity index is 233. The van der Waals surface area contributed by atoms with Crippen LogP contribution in [0.4, 0.5) is 0 Å². The van der Waals surface area contributed by atoms with Gasteiger partial charge in [0.05, 0.1) is 6.10 Å². The molecule has 0 aromatic heterocycles. The van der Waals surface area contributed by atoms with Crippen molar-refractivity contribution in [2.75, 3.05) is 26.7 Å². The second-order valence-corrected chi connectivity index (χ2v) is 6.46. The Balaban J connectivity index is 2.50. The molecule has 0 spiro atoms.